The molecular weight excluding hydrogens is 407 g/mol. The van der Waals surface area contributed by atoms with Crippen LogP contribution in [-0.2, 0) is 6.18 Å². The van der Waals surface area contributed by atoms with E-state index in [0.717, 1.165) is 17.7 Å². The van der Waals surface area contributed by atoms with Crippen LogP contribution in [0.1, 0.15) is 21.5 Å². The predicted molar refractivity (Wildman–Crippen MR) is 111 cm³/mol. The number of aryl methyl sites for hydroxylation is 1. The normalized spacial score (nSPS) is 11.5. The maximum absolute atomic E-state index is 13.1. The Labute approximate surface area is 176 Å². The molecule has 5 nitrogen and oxygen atoms in total. The van der Waals surface area contributed by atoms with Gasteiger partial charge in [-0.2, -0.15) is 13.2 Å². The summed E-state index contributed by atoms with van der Waals surface area (Å²) in [5.74, 6) is 0.212. The van der Waals surface area contributed by atoms with Crippen molar-refractivity contribution in [2.24, 2.45) is 0 Å². The molecule has 0 aliphatic heterocycles. The first-order valence-electron chi connectivity index (χ1n) is 9.38. The van der Waals surface area contributed by atoms with Gasteiger partial charge >= 0.3 is 6.18 Å². The van der Waals surface area contributed by atoms with Crippen molar-refractivity contribution < 1.29 is 22.7 Å². The molecule has 2 heterocycles. The molecule has 0 atom stereocenters. The number of halogens is 3. The van der Waals surface area contributed by atoms with Crippen molar-refractivity contribution in [1.29, 1.82) is 0 Å². The minimum atomic E-state index is -4.54. The molecule has 4 aromatic rings. The molecule has 0 aliphatic carbocycles. The highest BCUT2D eigenvalue weighted by molar-refractivity contribution is 6.06. The van der Waals surface area contributed by atoms with Crippen molar-refractivity contribution in [3.8, 4) is 17.0 Å². The van der Waals surface area contributed by atoms with Crippen molar-refractivity contribution in [3.63, 3.8) is 0 Å². The molecule has 0 saturated heterocycles. The number of nitrogens with one attached hydrogen (secondary N) is 1. The van der Waals surface area contributed by atoms with Crippen molar-refractivity contribution in [2.45, 2.75) is 13.1 Å². The molecule has 1 N–H and O–H groups in total. The van der Waals surface area contributed by atoms with E-state index in [-0.39, 0.29) is 5.56 Å². The van der Waals surface area contributed by atoms with E-state index in [9.17, 15) is 18.0 Å². The number of imidazole rings is 1. The van der Waals surface area contributed by atoms with E-state index in [1.807, 2.05) is 31.2 Å². The Morgan fingerprint density at radius 3 is 2.58 bits per heavy atom. The van der Waals surface area contributed by atoms with Crippen molar-refractivity contribution in [1.82, 2.24) is 9.38 Å². The van der Waals surface area contributed by atoms with Gasteiger partial charge in [-0.05, 0) is 55.0 Å². The van der Waals surface area contributed by atoms with E-state index < -0.39 is 17.6 Å². The number of rotatable bonds is 4. The summed E-state index contributed by atoms with van der Waals surface area (Å²) in [6, 6.07) is 15.2. The molecule has 0 saturated carbocycles. The van der Waals surface area contributed by atoms with Crippen LogP contribution >= 0.6 is 0 Å². The lowest BCUT2D eigenvalue weighted by molar-refractivity contribution is -0.137. The SMILES string of the molecule is COc1ccccc1-c1nc2cc(C)ccn2c1NC(=O)c1cccc(C(F)(F)F)c1. The smallest absolute Gasteiger partial charge is 0.416 e. The molecular formula is C23H18F3N3O2. The largest absolute Gasteiger partial charge is 0.496 e. The monoisotopic (exact) mass is 425 g/mol. The molecule has 0 spiro atoms. The third kappa shape index (κ3) is 3.96. The molecule has 0 fully saturated rings. The lowest BCUT2D eigenvalue weighted by Crippen LogP contribution is -2.15. The number of pyridine rings is 1. The number of alkyl halides is 3. The molecule has 1 amide bonds. The summed E-state index contributed by atoms with van der Waals surface area (Å²) in [5, 5.41) is 2.74. The number of fused-ring (bicyclic) bond motifs is 1. The van der Waals surface area contributed by atoms with Gasteiger partial charge in [-0.15, -0.1) is 0 Å². The highest BCUT2D eigenvalue weighted by Gasteiger charge is 2.31. The zero-order chi connectivity index (χ0) is 22.2. The highest BCUT2D eigenvalue weighted by Crippen LogP contribution is 2.36. The van der Waals surface area contributed by atoms with Gasteiger partial charge in [-0.1, -0.05) is 18.2 Å². The molecule has 0 radical (unpaired) electrons. The van der Waals surface area contributed by atoms with Gasteiger partial charge in [0.15, 0.2) is 0 Å². The number of hydrogen-bond donors (Lipinski definition) is 1. The number of carbonyl (C=O) groups is 1. The first-order chi connectivity index (χ1) is 14.8. The molecule has 0 unspecified atom stereocenters. The highest BCUT2D eigenvalue weighted by atomic mass is 19.4. The first-order valence-corrected chi connectivity index (χ1v) is 9.38. The molecule has 2 aromatic heterocycles. The average molecular weight is 425 g/mol. The van der Waals surface area contributed by atoms with Crippen LogP contribution in [-0.4, -0.2) is 22.4 Å². The second-order valence-corrected chi connectivity index (χ2v) is 6.97. The molecule has 31 heavy (non-hydrogen) atoms. The topological polar surface area (TPSA) is 55.6 Å². The maximum atomic E-state index is 13.1. The number of amides is 1. The van der Waals surface area contributed by atoms with Gasteiger partial charge in [0.25, 0.3) is 5.91 Å². The van der Waals surface area contributed by atoms with Crippen LogP contribution in [0.25, 0.3) is 16.9 Å². The third-order valence-electron chi connectivity index (χ3n) is 4.83. The van der Waals surface area contributed by atoms with Crippen LogP contribution in [0, 0.1) is 6.92 Å². The Bertz CT molecular complexity index is 1280. The Hall–Kier alpha value is -3.81. The Balaban J connectivity index is 1.83. The summed E-state index contributed by atoms with van der Waals surface area (Å²) >= 11 is 0. The Kier molecular flexibility index (Phi) is 5.14. The predicted octanol–water partition coefficient (Wildman–Crippen LogP) is 5.59. The van der Waals surface area contributed by atoms with Crippen LogP contribution in [0.4, 0.5) is 19.0 Å². The van der Waals surface area contributed by atoms with E-state index in [1.54, 1.807) is 22.7 Å². The number of methoxy groups -OCH3 is 1. The summed E-state index contributed by atoms with van der Waals surface area (Å²) in [4.78, 5) is 17.5. The van der Waals surface area contributed by atoms with Crippen LogP contribution in [0.5, 0.6) is 5.75 Å². The molecule has 8 heteroatoms. The van der Waals surface area contributed by atoms with E-state index in [1.165, 1.54) is 19.2 Å². The Morgan fingerprint density at radius 1 is 1.06 bits per heavy atom. The zero-order valence-corrected chi connectivity index (χ0v) is 16.7. The van der Waals surface area contributed by atoms with E-state index in [0.29, 0.717) is 28.5 Å². The minimum absolute atomic E-state index is 0.108. The van der Waals surface area contributed by atoms with Crippen LogP contribution < -0.4 is 10.1 Å². The van der Waals surface area contributed by atoms with Gasteiger partial charge < -0.3 is 10.1 Å². The van der Waals surface area contributed by atoms with E-state index in [2.05, 4.69) is 10.3 Å². The molecule has 0 aliphatic rings. The number of hydrogen-bond acceptors (Lipinski definition) is 3. The van der Waals surface area contributed by atoms with Crippen molar-refractivity contribution in [3.05, 3.63) is 83.6 Å². The fourth-order valence-corrected chi connectivity index (χ4v) is 3.31. The summed E-state index contributed by atoms with van der Waals surface area (Å²) in [6.07, 6.45) is -2.79. The Morgan fingerprint density at radius 2 is 1.84 bits per heavy atom. The summed E-state index contributed by atoms with van der Waals surface area (Å²) in [5.41, 5.74) is 1.65. The number of nitrogens with zero attached hydrogens (tertiary/aromatic N) is 2. The van der Waals surface area contributed by atoms with E-state index >= 15 is 0 Å². The molecule has 0 bridgehead atoms. The fourth-order valence-electron chi connectivity index (χ4n) is 3.31. The van der Waals surface area contributed by atoms with Crippen LogP contribution in [0.2, 0.25) is 0 Å². The number of carbonyl (C=O) groups excluding carboxylic acids is 1. The van der Waals surface area contributed by atoms with Crippen molar-refractivity contribution >= 4 is 17.4 Å². The average Bonchev–Trinajstić information content (AvgIpc) is 3.10. The number of ether oxygens (including phenoxy) is 1. The minimum Gasteiger partial charge on any atom is -0.496 e. The summed E-state index contributed by atoms with van der Waals surface area (Å²) in [6.45, 7) is 1.92. The zero-order valence-electron chi connectivity index (χ0n) is 16.7. The van der Waals surface area contributed by atoms with Crippen LogP contribution in [0.15, 0.2) is 66.9 Å². The second kappa shape index (κ2) is 7.79. The van der Waals surface area contributed by atoms with Gasteiger partial charge in [0.1, 0.15) is 22.9 Å². The number of para-hydroxylation sites is 1. The maximum Gasteiger partial charge on any atom is 0.416 e. The number of aromatic nitrogens is 2. The van der Waals surface area contributed by atoms with Gasteiger partial charge in [0.2, 0.25) is 0 Å². The fraction of sp³-hybridized carbons (Fsp3) is 0.130. The number of benzene rings is 2. The molecule has 158 valence electrons. The third-order valence-corrected chi connectivity index (χ3v) is 4.83. The molecule has 2 aromatic carbocycles. The summed E-state index contributed by atoms with van der Waals surface area (Å²) < 4.78 is 46.3. The first kappa shape index (κ1) is 20.5. The summed E-state index contributed by atoms with van der Waals surface area (Å²) in [7, 11) is 1.53. The quantitative estimate of drug-likeness (QED) is 0.464. The van der Waals surface area contributed by atoms with Gasteiger partial charge in [0.05, 0.1) is 12.7 Å². The van der Waals surface area contributed by atoms with Gasteiger partial charge in [0, 0.05) is 17.3 Å². The van der Waals surface area contributed by atoms with E-state index in [4.69, 9.17) is 4.74 Å². The second-order valence-electron chi connectivity index (χ2n) is 6.97. The van der Waals surface area contributed by atoms with Gasteiger partial charge in [-0.25, -0.2) is 4.98 Å². The lowest BCUT2D eigenvalue weighted by Gasteiger charge is -2.12. The lowest BCUT2D eigenvalue weighted by atomic mass is 10.1. The van der Waals surface area contributed by atoms with Gasteiger partial charge in [-0.3, -0.25) is 9.20 Å². The standard InChI is InChI=1S/C23H18F3N3O2/c1-14-10-11-29-19(12-14)27-20(17-8-3-4-9-18(17)31-2)21(29)28-22(30)15-6-5-7-16(13-15)23(24,25)26/h3-13H,1-2H3,(H,28,30). The van der Waals surface area contributed by atoms with Crippen LogP contribution in [0.3, 0.4) is 0 Å². The van der Waals surface area contributed by atoms with Crippen molar-refractivity contribution in [2.75, 3.05) is 12.4 Å². The number of anilines is 1. The molecule has 4 rings (SSSR count).